The van der Waals surface area contributed by atoms with Gasteiger partial charge in [0.25, 0.3) is 0 Å². The van der Waals surface area contributed by atoms with Gasteiger partial charge in [-0.25, -0.2) is 4.79 Å². The van der Waals surface area contributed by atoms with Crippen LogP contribution in [0.5, 0.6) is 0 Å². The molecule has 0 saturated heterocycles. The predicted molar refractivity (Wildman–Crippen MR) is 72.5 cm³/mol. The molecule has 0 heterocycles. The summed E-state index contributed by atoms with van der Waals surface area (Å²) < 4.78 is 5.42. The van der Waals surface area contributed by atoms with E-state index in [1.165, 1.54) is 0 Å². The van der Waals surface area contributed by atoms with Crippen molar-refractivity contribution >= 4 is 6.09 Å². The summed E-state index contributed by atoms with van der Waals surface area (Å²) in [5, 5.41) is 3.29. The zero-order chi connectivity index (χ0) is 13.6. The second-order valence-electron chi connectivity index (χ2n) is 5.80. The standard InChI is InChI=1S/C13H27N3O2/c1-13(2,3)18-12(17)16(11-5-6-11)10-9-15-8-4-7-14/h11,15H,4-10,14H2,1-3H3. The SMILES string of the molecule is CC(C)(C)OC(=O)N(CCNCCCN)C1CC1. The number of nitrogens with zero attached hydrogens (tertiary/aromatic N) is 1. The van der Waals surface area contributed by atoms with Gasteiger partial charge in [0.1, 0.15) is 5.60 Å². The second-order valence-corrected chi connectivity index (χ2v) is 5.80. The molecule has 0 spiro atoms. The molecule has 106 valence electrons. The largest absolute Gasteiger partial charge is 0.444 e. The van der Waals surface area contributed by atoms with Crippen LogP contribution in [0.25, 0.3) is 0 Å². The third-order valence-electron chi connectivity index (χ3n) is 2.70. The van der Waals surface area contributed by atoms with Gasteiger partial charge in [-0.3, -0.25) is 0 Å². The normalized spacial score (nSPS) is 15.6. The first-order valence-corrected chi connectivity index (χ1v) is 6.84. The molecule has 0 atom stereocenters. The van der Waals surface area contributed by atoms with Gasteiger partial charge in [-0.15, -0.1) is 0 Å². The first-order valence-electron chi connectivity index (χ1n) is 6.84. The van der Waals surface area contributed by atoms with Crippen LogP contribution < -0.4 is 11.1 Å². The smallest absolute Gasteiger partial charge is 0.410 e. The van der Waals surface area contributed by atoms with Crippen molar-refractivity contribution in [3.05, 3.63) is 0 Å². The molecule has 1 rings (SSSR count). The fraction of sp³-hybridized carbons (Fsp3) is 0.923. The molecule has 0 unspecified atom stereocenters. The molecule has 1 fully saturated rings. The molecule has 0 aromatic carbocycles. The Balaban J connectivity index is 2.29. The van der Waals surface area contributed by atoms with E-state index in [0.29, 0.717) is 19.1 Å². The van der Waals surface area contributed by atoms with Crippen molar-refractivity contribution in [2.75, 3.05) is 26.2 Å². The fourth-order valence-corrected chi connectivity index (χ4v) is 1.68. The molecule has 1 amide bonds. The Morgan fingerprint density at radius 2 is 2.06 bits per heavy atom. The van der Waals surface area contributed by atoms with Gasteiger partial charge in [0.15, 0.2) is 0 Å². The van der Waals surface area contributed by atoms with Crippen molar-refractivity contribution in [2.24, 2.45) is 5.73 Å². The van der Waals surface area contributed by atoms with Gasteiger partial charge in [-0.2, -0.15) is 0 Å². The number of amides is 1. The van der Waals surface area contributed by atoms with Crippen LogP contribution in [0.4, 0.5) is 4.79 Å². The summed E-state index contributed by atoms with van der Waals surface area (Å²) >= 11 is 0. The summed E-state index contributed by atoms with van der Waals surface area (Å²) in [5.74, 6) is 0. The summed E-state index contributed by atoms with van der Waals surface area (Å²) in [4.78, 5) is 13.9. The van der Waals surface area contributed by atoms with E-state index in [2.05, 4.69) is 5.32 Å². The van der Waals surface area contributed by atoms with E-state index in [9.17, 15) is 4.79 Å². The number of ether oxygens (including phenoxy) is 1. The van der Waals surface area contributed by atoms with E-state index < -0.39 is 5.60 Å². The Morgan fingerprint density at radius 1 is 1.39 bits per heavy atom. The molecule has 3 N–H and O–H groups in total. The van der Waals surface area contributed by atoms with Crippen molar-refractivity contribution in [3.8, 4) is 0 Å². The minimum Gasteiger partial charge on any atom is -0.444 e. The maximum absolute atomic E-state index is 12.0. The molecule has 1 saturated carbocycles. The fourth-order valence-electron chi connectivity index (χ4n) is 1.68. The lowest BCUT2D eigenvalue weighted by atomic mass is 10.2. The zero-order valence-electron chi connectivity index (χ0n) is 11.9. The molecule has 1 aliphatic rings. The number of nitrogens with one attached hydrogen (secondary N) is 1. The Hall–Kier alpha value is -0.810. The molecular weight excluding hydrogens is 230 g/mol. The first kappa shape index (κ1) is 15.2. The number of hydrogen-bond acceptors (Lipinski definition) is 4. The summed E-state index contributed by atoms with van der Waals surface area (Å²) in [5.41, 5.74) is 5.00. The third kappa shape index (κ3) is 6.21. The number of hydrogen-bond donors (Lipinski definition) is 2. The summed E-state index contributed by atoms with van der Waals surface area (Å²) in [6, 6.07) is 0.385. The Morgan fingerprint density at radius 3 is 2.56 bits per heavy atom. The Kier molecular flexibility index (Phi) is 5.88. The average Bonchev–Trinajstić information content (AvgIpc) is 3.04. The van der Waals surface area contributed by atoms with Crippen molar-refractivity contribution < 1.29 is 9.53 Å². The summed E-state index contributed by atoms with van der Waals surface area (Å²) in [6.07, 6.45) is 2.98. The lowest BCUT2D eigenvalue weighted by Gasteiger charge is -2.27. The van der Waals surface area contributed by atoms with Gasteiger partial charge in [0, 0.05) is 19.1 Å². The first-order chi connectivity index (χ1) is 8.44. The van der Waals surface area contributed by atoms with Crippen LogP contribution >= 0.6 is 0 Å². The van der Waals surface area contributed by atoms with E-state index in [1.54, 1.807) is 0 Å². The molecule has 0 bridgehead atoms. The summed E-state index contributed by atoms with van der Waals surface area (Å²) in [6.45, 7) is 8.81. The number of nitrogens with two attached hydrogens (primary N) is 1. The molecule has 18 heavy (non-hydrogen) atoms. The van der Waals surface area contributed by atoms with Gasteiger partial charge in [-0.1, -0.05) is 0 Å². The van der Waals surface area contributed by atoms with Crippen LogP contribution in [0, 0.1) is 0 Å². The maximum Gasteiger partial charge on any atom is 0.410 e. The van der Waals surface area contributed by atoms with Crippen molar-refractivity contribution in [2.45, 2.75) is 51.7 Å². The van der Waals surface area contributed by atoms with Crippen LogP contribution in [0.3, 0.4) is 0 Å². The lowest BCUT2D eigenvalue weighted by molar-refractivity contribution is 0.0236. The summed E-state index contributed by atoms with van der Waals surface area (Å²) in [7, 11) is 0. The molecule has 1 aliphatic carbocycles. The van der Waals surface area contributed by atoms with Gasteiger partial charge >= 0.3 is 6.09 Å². The number of carbonyl (C=O) groups is 1. The molecule has 5 nitrogen and oxygen atoms in total. The second kappa shape index (κ2) is 6.95. The van der Waals surface area contributed by atoms with Gasteiger partial charge in [-0.05, 0) is 53.1 Å². The monoisotopic (exact) mass is 257 g/mol. The van der Waals surface area contributed by atoms with Crippen molar-refractivity contribution in [1.82, 2.24) is 10.2 Å². The topological polar surface area (TPSA) is 67.6 Å². The van der Waals surface area contributed by atoms with Crippen LogP contribution in [0.1, 0.15) is 40.0 Å². The van der Waals surface area contributed by atoms with Crippen molar-refractivity contribution in [3.63, 3.8) is 0 Å². The van der Waals surface area contributed by atoms with E-state index in [1.807, 2.05) is 25.7 Å². The molecular formula is C13H27N3O2. The van der Waals surface area contributed by atoms with Crippen LogP contribution in [-0.4, -0.2) is 48.8 Å². The highest BCUT2D eigenvalue weighted by molar-refractivity contribution is 5.69. The minimum absolute atomic E-state index is 0.189. The Bertz CT molecular complexity index is 259. The molecule has 0 aromatic rings. The highest BCUT2D eigenvalue weighted by Crippen LogP contribution is 2.27. The van der Waals surface area contributed by atoms with E-state index in [4.69, 9.17) is 10.5 Å². The highest BCUT2D eigenvalue weighted by atomic mass is 16.6. The quantitative estimate of drug-likeness (QED) is 0.675. The van der Waals surface area contributed by atoms with Gasteiger partial charge in [0.05, 0.1) is 0 Å². The Labute approximate surface area is 110 Å². The highest BCUT2D eigenvalue weighted by Gasteiger charge is 2.34. The number of carbonyl (C=O) groups excluding carboxylic acids is 1. The van der Waals surface area contributed by atoms with Crippen LogP contribution in [0.2, 0.25) is 0 Å². The van der Waals surface area contributed by atoms with Crippen LogP contribution in [-0.2, 0) is 4.74 Å². The van der Waals surface area contributed by atoms with E-state index in [0.717, 1.165) is 32.4 Å². The minimum atomic E-state index is -0.419. The van der Waals surface area contributed by atoms with Gasteiger partial charge < -0.3 is 20.7 Å². The van der Waals surface area contributed by atoms with Crippen LogP contribution in [0.15, 0.2) is 0 Å². The molecule has 5 heteroatoms. The molecule has 0 aromatic heterocycles. The van der Waals surface area contributed by atoms with Crippen molar-refractivity contribution in [1.29, 1.82) is 0 Å². The lowest BCUT2D eigenvalue weighted by Crippen LogP contribution is -2.42. The van der Waals surface area contributed by atoms with E-state index in [-0.39, 0.29) is 6.09 Å². The number of rotatable bonds is 7. The average molecular weight is 257 g/mol. The third-order valence-corrected chi connectivity index (χ3v) is 2.70. The van der Waals surface area contributed by atoms with Gasteiger partial charge in [0.2, 0.25) is 0 Å². The molecule has 0 aliphatic heterocycles. The molecule has 0 radical (unpaired) electrons. The zero-order valence-corrected chi connectivity index (χ0v) is 11.9. The predicted octanol–water partition coefficient (Wildman–Crippen LogP) is 1.32. The van der Waals surface area contributed by atoms with E-state index >= 15 is 0 Å². The maximum atomic E-state index is 12.0.